The quantitative estimate of drug-likeness (QED) is 0.676. The van der Waals surface area contributed by atoms with Crippen LogP contribution >= 0.6 is 0 Å². The van der Waals surface area contributed by atoms with Crippen LogP contribution in [-0.2, 0) is 0 Å². The Kier molecular flexibility index (Phi) is 5.86. The summed E-state index contributed by atoms with van der Waals surface area (Å²) in [4.78, 5) is 31.9. The van der Waals surface area contributed by atoms with Crippen LogP contribution in [0.15, 0.2) is 48.5 Å². The van der Waals surface area contributed by atoms with Gasteiger partial charge >= 0.3 is 0 Å². The van der Waals surface area contributed by atoms with Gasteiger partial charge in [0.25, 0.3) is 11.8 Å². The summed E-state index contributed by atoms with van der Waals surface area (Å²) in [7, 11) is 1.60. The number of benzene rings is 2. The minimum Gasteiger partial charge on any atom is -0.497 e. The summed E-state index contributed by atoms with van der Waals surface area (Å²) in [6.07, 6.45) is 1.01. The van der Waals surface area contributed by atoms with Crippen molar-refractivity contribution < 1.29 is 19.4 Å². The molecule has 2 aromatic carbocycles. The summed E-state index contributed by atoms with van der Waals surface area (Å²) in [6.45, 7) is 2.75. The first-order valence-electron chi connectivity index (χ1n) is 10.3. The molecule has 4 rings (SSSR count). The average molecular weight is 419 g/mol. The maximum atomic E-state index is 12.9. The van der Waals surface area contributed by atoms with E-state index in [4.69, 9.17) is 4.74 Å². The highest BCUT2D eigenvalue weighted by Gasteiger charge is 2.23. The first kappa shape index (κ1) is 20.8. The molecular formula is C24H25N3O4. The van der Waals surface area contributed by atoms with Crippen LogP contribution < -0.4 is 10.1 Å². The molecule has 1 aliphatic rings. The summed E-state index contributed by atoms with van der Waals surface area (Å²) >= 11 is 0. The predicted octanol–water partition coefficient (Wildman–Crippen LogP) is 3.40. The Morgan fingerprint density at radius 2 is 2.03 bits per heavy atom. The fourth-order valence-corrected chi connectivity index (χ4v) is 3.85. The minimum atomic E-state index is -0.482. The van der Waals surface area contributed by atoms with Crippen molar-refractivity contribution in [3.63, 3.8) is 0 Å². The maximum absolute atomic E-state index is 12.9. The molecule has 1 aromatic heterocycles. The number of aliphatic hydroxyl groups is 1. The number of fused-ring (bicyclic) bond motifs is 1. The molecule has 2 amide bonds. The zero-order chi connectivity index (χ0) is 22.0. The van der Waals surface area contributed by atoms with Crippen molar-refractivity contribution in [2.45, 2.75) is 25.9 Å². The van der Waals surface area contributed by atoms with Crippen LogP contribution in [-0.4, -0.2) is 53.1 Å². The summed E-state index contributed by atoms with van der Waals surface area (Å²) in [6, 6.07) is 14.2. The monoisotopic (exact) mass is 419 g/mol. The molecule has 1 fully saturated rings. The van der Waals surface area contributed by atoms with E-state index < -0.39 is 6.10 Å². The highest BCUT2D eigenvalue weighted by molar-refractivity contribution is 6.07. The topological polar surface area (TPSA) is 91.8 Å². The van der Waals surface area contributed by atoms with Gasteiger partial charge in [0.05, 0.1) is 30.0 Å². The lowest BCUT2D eigenvalue weighted by molar-refractivity contribution is 0.0474. The lowest BCUT2D eigenvalue weighted by Gasteiger charge is -2.30. The van der Waals surface area contributed by atoms with Crippen LogP contribution in [0.1, 0.15) is 39.3 Å². The molecule has 0 saturated carbocycles. The Bertz CT molecular complexity index is 1140. The third kappa shape index (κ3) is 4.51. The summed E-state index contributed by atoms with van der Waals surface area (Å²) < 4.78 is 5.23. The number of hydrogen-bond donors (Lipinski definition) is 2. The Labute approximate surface area is 180 Å². The number of likely N-dealkylation sites (tertiary alicyclic amines) is 1. The van der Waals surface area contributed by atoms with Gasteiger partial charge in [0.2, 0.25) is 0 Å². The third-order valence-electron chi connectivity index (χ3n) is 5.51. The van der Waals surface area contributed by atoms with E-state index in [9.17, 15) is 14.7 Å². The number of aliphatic hydroxyl groups excluding tert-OH is 1. The fourth-order valence-electron chi connectivity index (χ4n) is 3.85. The van der Waals surface area contributed by atoms with E-state index in [-0.39, 0.29) is 11.8 Å². The number of carbonyl (C=O) groups is 2. The van der Waals surface area contributed by atoms with Gasteiger partial charge in [-0.1, -0.05) is 6.07 Å². The lowest BCUT2D eigenvalue weighted by atomic mass is 10.1. The Hall–Kier alpha value is -3.45. The largest absolute Gasteiger partial charge is 0.497 e. The third-order valence-corrected chi connectivity index (χ3v) is 5.51. The zero-order valence-corrected chi connectivity index (χ0v) is 17.6. The van der Waals surface area contributed by atoms with Gasteiger partial charge < -0.3 is 20.1 Å². The van der Waals surface area contributed by atoms with Gasteiger partial charge in [0, 0.05) is 35.8 Å². The van der Waals surface area contributed by atoms with E-state index in [2.05, 4.69) is 10.3 Å². The van der Waals surface area contributed by atoms with Crippen LogP contribution in [0.3, 0.4) is 0 Å². The number of carbonyl (C=O) groups excluding carboxylic acids is 2. The SMILES string of the molecule is COc1ccc2cc(C(=O)Nc3cccc(C(=O)N4CCCC(O)C4)c3)c(C)nc2c1. The number of pyridine rings is 1. The molecule has 7 nitrogen and oxygen atoms in total. The number of amides is 2. The predicted molar refractivity (Wildman–Crippen MR) is 119 cm³/mol. The van der Waals surface area contributed by atoms with Gasteiger partial charge in [-0.05, 0) is 56.2 Å². The van der Waals surface area contributed by atoms with Crippen LogP contribution in [0, 0.1) is 6.92 Å². The first-order valence-corrected chi connectivity index (χ1v) is 10.3. The second-order valence-corrected chi connectivity index (χ2v) is 7.76. The van der Waals surface area contributed by atoms with Crippen molar-refractivity contribution in [1.82, 2.24) is 9.88 Å². The molecule has 3 aromatic rings. The molecule has 0 radical (unpaired) electrons. The maximum Gasteiger partial charge on any atom is 0.257 e. The Morgan fingerprint density at radius 3 is 2.81 bits per heavy atom. The fraction of sp³-hybridized carbons (Fsp3) is 0.292. The number of aromatic nitrogens is 1. The van der Waals surface area contributed by atoms with E-state index in [1.165, 1.54) is 0 Å². The number of ether oxygens (including phenoxy) is 1. The molecule has 1 unspecified atom stereocenters. The molecular weight excluding hydrogens is 394 g/mol. The molecule has 0 aliphatic carbocycles. The number of methoxy groups -OCH3 is 1. The Balaban J connectivity index is 1.54. The number of rotatable bonds is 4. The number of nitrogens with one attached hydrogen (secondary N) is 1. The van der Waals surface area contributed by atoms with Gasteiger partial charge in [0.1, 0.15) is 5.75 Å². The van der Waals surface area contributed by atoms with Crippen molar-refractivity contribution in [2.75, 3.05) is 25.5 Å². The molecule has 2 N–H and O–H groups in total. The number of anilines is 1. The van der Waals surface area contributed by atoms with E-state index in [0.717, 1.165) is 17.3 Å². The van der Waals surface area contributed by atoms with E-state index >= 15 is 0 Å². The van der Waals surface area contributed by atoms with Crippen LogP contribution in [0.4, 0.5) is 5.69 Å². The Morgan fingerprint density at radius 1 is 1.19 bits per heavy atom. The van der Waals surface area contributed by atoms with E-state index in [1.807, 2.05) is 18.2 Å². The van der Waals surface area contributed by atoms with Crippen molar-refractivity contribution in [3.8, 4) is 5.75 Å². The van der Waals surface area contributed by atoms with Gasteiger partial charge in [0.15, 0.2) is 0 Å². The molecule has 2 heterocycles. The van der Waals surface area contributed by atoms with E-state index in [0.29, 0.717) is 47.8 Å². The molecule has 160 valence electrons. The molecule has 1 atom stereocenters. The zero-order valence-electron chi connectivity index (χ0n) is 17.6. The van der Waals surface area contributed by atoms with Crippen molar-refractivity contribution in [2.24, 2.45) is 0 Å². The molecule has 1 aliphatic heterocycles. The average Bonchev–Trinajstić information content (AvgIpc) is 2.77. The number of β-amino-alcohol motifs (C(OH)–C–C–N with tert-alkyl or cyclic N) is 1. The van der Waals surface area contributed by atoms with Gasteiger partial charge in [-0.25, -0.2) is 0 Å². The molecule has 31 heavy (non-hydrogen) atoms. The highest BCUT2D eigenvalue weighted by Crippen LogP contribution is 2.23. The number of piperidine rings is 1. The number of aryl methyl sites for hydroxylation is 1. The standard InChI is InChI=1S/C24H25N3O4/c1-15-21(12-16-8-9-20(31-2)13-22(16)25-15)23(29)26-18-6-3-5-17(11-18)24(30)27-10-4-7-19(28)14-27/h3,5-6,8-9,11-13,19,28H,4,7,10,14H2,1-2H3,(H,26,29). The summed E-state index contributed by atoms with van der Waals surface area (Å²) in [5, 5.41) is 13.5. The first-order chi connectivity index (χ1) is 14.9. The van der Waals surface area contributed by atoms with Gasteiger partial charge in [-0.3, -0.25) is 14.6 Å². The smallest absolute Gasteiger partial charge is 0.257 e. The van der Waals surface area contributed by atoms with Crippen LogP contribution in [0.5, 0.6) is 5.75 Å². The van der Waals surface area contributed by atoms with Crippen molar-refractivity contribution >= 4 is 28.4 Å². The normalized spacial score (nSPS) is 16.2. The lowest BCUT2D eigenvalue weighted by Crippen LogP contribution is -2.42. The van der Waals surface area contributed by atoms with Crippen LogP contribution in [0.2, 0.25) is 0 Å². The number of hydrogen-bond acceptors (Lipinski definition) is 5. The van der Waals surface area contributed by atoms with Crippen molar-refractivity contribution in [1.29, 1.82) is 0 Å². The molecule has 1 saturated heterocycles. The highest BCUT2D eigenvalue weighted by atomic mass is 16.5. The van der Waals surface area contributed by atoms with Crippen molar-refractivity contribution in [3.05, 3.63) is 65.4 Å². The summed E-state index contributed by atoms with van der Waals surface area (Å²) in [5.41, 5.74) is 2.83. The molecule has 7 heteroatoms. The number of nitrogens with zero attached hydrogens (tertiary/aromatic N) is 2. The molecule has 0 bridgehead atoms. The van der Waals surface area contributed by atoms with Crippen LogP contribution in [0.25, 0.3) is 10.9 Å². The molecule has 0 spiro atoms. The second-order valence-electron chi connectivity index (χ2n) is 7.76. The summed E-state index contributed by atoms with van der Waals surface area (Å²) in [5.74, 6) is 0.271. The second kappa shape index (κ2) is 8.73. The van der Waals surface area contributed by atoms with Gasteiger partial charge in [-0.2, -0.15) is 0 Å². The van der Waals surface area contributed by atoms with E-state index in [1.54, 1.807) is 49.3 Å². The minimum absolute atomic E-state index is 0.146. The van der Waals surface area contributed by atoms with Gasteiger partial charge in [-0.15, -0.1) is 0 Å².